The van der Waals surface area contributed by atoms with Crippen molar-refractivity contribution < 1.29 is 14.7 Å². The van der Waals surface area contributed by atoms with E-state index in [1.165, 1.54) is 6.42 Å². The minimum Gasteiger partial charge on any atom is -0.481 e. The van der Waals surface area contributed by atoms with Crippen LogP contribution < -0.4 is 5.32 Å². The standard InChI is InChI=1S/C15H26N2O3/c1-12-4-2-8-17(9-5-12)14(20)16-11-15(6-3-7-15)10-13(18)19/h12H,2-11H2,1H3,(H,16,20)(H,18,19). The Labute approximate surface area is 120 Å². The average Bonchev–Trinajstić information content (AvgIpc) is 2.56. The summed E-state index contributed by atoms with van der Waals surface area (Å²) in [6.07, 6.45) is 6.39. The maximum absolute atomic E-state index is 12.2. The zero-order valence-electron chi connectivity index (χ0n) is 12.4. The molecule has 20 heavy (non-hydrogen) atoms. The van der Waals surface area contributed by atoms with Gasteiger partial charge in [0.25, 0.3) is 0 Å². The van der Waals surface area contributed by atoms with Gasteiger partial charge in [-0.05, 0) is 43.4 Å². The Morgan fingerprint density at radius 2 is 2.00 bits per heavy atom. The maximum atomic E-state index is 12.2. The van der Waals surface area contributed by atoms with Crippen molar-refractivity contribution in [1.29, 1.82) is 0 Å². The Morgan fingerprint density at radius 1 is 1.25 bits per heavy atom. The lowest BCUT2D eigenvalue weighted by Gasteiger charge is -2.41. The van der Waals surface area contributed by atoms with Crippen LogP contribution in [0.3, 0.4) is 0 Å². The molecule has 0 aromatic rings. The van der Waals surface area contributed by atoms with Gasteiger partial charge in [-0.1, -0.05) is 13.3 Å². The molecule has 2 N–H and O–H groups in total. The fourth-order valence-electron chi connectivity index (χ4n) is 3.25. The predicted octanol–water partition coefficient (Wildman–Crippen LogP) is 2.46. The number of amides is 2. The van der Waals surface area contributed by atoms with E-state index in [0.717, 1.165) is 45.2 Å². The van der Waals surface area contributed by atoms with E-state index in [4.69, 9.17) is 5.11 Å². The summed E-state index contributed by atoms with van der Waals surface area (Å²) in [4.78, 5) is 25.0. The van der Waals surface area contributed by atoms with Gasteiger partial charge >= 0.3 is 12.0 Å². The fourth-order valence-corrected chi connectivity index (χ4v) is 3.25. The van der Waals surface area contributed by atoms with Crippen LogP contribution in [0.4, 0.5) is 4.79 Å². The van der Waals surface area contributed by atoms with Crippen molar-refractivity contribution in [1.82, 2.24) is 10.2 Å². The van der Waals surface area contributed by atoms with Crippen molar-refractivity contribution in [3.8, 4) is 0 Å². The van der Waals surface area contributed by atoms with Gasteiger partial charge in [-0.25, -0.2) is 4.79 Å². The predicted molar refractivity (Wildman–Crippen MR) is 76.5 cm³/mol. The molecule has 1 aliphatic carbocycles. The van der Waals surface area contributed by atoms with Crippen LogP contribution in [0.15, 0.2) is 0 Å². The van der Waals surface area contributed by atoms with Crippen LogP contribution in [0.5, 0.6) is 0 Å². The summed E-state index contributed by atoms with van der Waals surface area (Å²) < 4.78 is 0. The van der Waals surface area contributed by atoms with Gasteiger partial charge < -0.3 is 15.3 Å². The first-order valence-corrected chi connectivity index (χ1v) is 7.75. The number of hydrogen-bond donors (Lipinski definition) is 2. The van der Waals surface area contributed by atoms with Crippen molar-refractivity contribution in [2.75, 3.05) is 19.6 Å². The van der Waals surface area contributed by atoms with Gasteiger partial charge in [0.15, 0.2) is 0 Å². The molecular formula is C15H26N2O3. The molecule has 1 heterocycles. The van der Waals surface area contributed by atoms with Crippen LogP contribution in [-0.2, 0) is 4.79 Å². The monoisotopic (exact) mass is 282 g/mol. The van der Waals surface area contributed by atoms with Gasteiger partial charge in [0, 0.05) is 19.6 Å². The first-order chi connectivity index (χ1) is 9.51. The molecule has 0 aromatic heterocycles. The number of carboxylic acid groups (broad SMARTS) is 1. The van der Waals surface area contributed by atoms with Crippen LogP contribution in [-0.4, -0.2) is 41.6 Å². The van der Waals surface area contributed by atoms with Gasteiger partial charge in [0.2, 0.25) is 0 Å². The number of nitrogens with zero attached hydrogens (tertiary/aromatic N) is 1. The molecule has 1 saturated heterocycles. The molecule has 1 atom stereocenters. The molecule has 1 aliphatic heterocycles. The Balaban J connectivity index is 1.80. The fraction of sp³-hybridized carbons (Fsp3) is 0.867. The molecular weight excluding hydrogens is 256 g/mol. The first kappa shape index (κ1) is 15.1. The first-order valence-electron chi connectivity index (χ1n) is 7.75. The number of urea groups is 1. The number of likely N-dealkylation sites (tertiary alicyclic amines) is 1. The van der Waals surface area contributed by atoms with Crippen LogP contribution in [0.1, 0.15) is 51.9 Å². The Hall–Kier alpha value is -1.26. The van der Waals surface area contributed by atoms with E-state index in [1.807, 2.05) is 4.90 Å². The van der Waals surface area contributed by atoms with Crippen LogP contribution in [0.2, 0.25) is 0 Å². The van der Waals surface area contributed by atoms with E-state index in [2.05, 4.69) is 12.2 Å². The van der Waals surface area contributed by atoms with Crippen molar-refractivity contribution in [3.63, 3.8) is 0 Å². The number of carboxylic acids is 1. The molecule has 5 nitrogen and oxygen atoms in total. The van der Waals surface area contributed by atoms with E-state index in [-0.39, 0.29) is 17.9 Å². The lowest BCUT2D eigenvalue weighted by molar-refractivity contribution is -0.141. The van der Waals surface area contributed by atoms with E-state index in [9.17, 15) is 9.59 Å². The number of carbonyl (C=O) groups is 2. The Bertz CT molecular complexity index is 366. The Kier molecular flexibility index (Phi) is 4.89. The average molecular weight is 282 g/mol. The molecule has 0 radical (unpaired) electrons. The summed E-state index contributed by atoms with van der Waals surface area (Å²) in [7, 11) is 0. The van der Waals surface area contributed by atoms with Crippen molar-refractivity contribution >= 4 is 12.0 Å². The molecule has 2 fully saturated rings. The van der Waals surface area contributed by atoms with Crippen molar-refractivity contribution in [2.45, 2.75) is 51.9 Å². The second kappa shape index (κ2) is 6.46. The van der Waals surface area contributed by atoms with Crippen LogP contribution in [0, 0.1) is 11.3 Å². The van der Waals surface area contributed by atoms with Gasteiger partial charge in [0.1, 0.15) is 0 Å². The van der Waals surface area contributed by atoms with Gasteiger partial charge in [-0.2, -0.15) is 0 Å². The lowest BCUT2D eigenvalue weighted by Crippen LogP contribution is -2.48. The molecule has 2 aliphatic rings. The summed E-state index contributed by atoms with van der Waals surface area (Å²) in [6.45, 7) is 4.38. The molecule has 5 heteroatoms. The highest BCUT2D eigenvalue weighted by atomic mass is 16.4. The summed E-state index contributed by atoms with van der Waals surface area (Å²) >= 11 is 0. The van der Waals surface area contributed by atoms with E-state index < -0.39 is 5.97 Å². The molecule has 0 aromatic carbocycles. The highest BCUT2D eigenvalue weighted by Crippen LogP contribution is 2.43. The minimum atomic E-state index is -0.762. The van der Waals surface area contributed by atoms with Gasteiger partial charge in [-0.15, -0.1) is 0 Å². The summed E-state index contributed by atoms with van der Waals surface area (Å²) in [6, 6.07) is -0.0178. The molecule has 0 spiro atoms. The molecule has 0 bridgehead atoms. The quantitative estimate of drug-likeness (QED) is 0.832. The third kappa shape index (κ3) is 3.87. The summed E-state index contributed by atoms with van der Waals surface area (Å²) in [5, 5.41) is 11.9. The molecule has 2 amide bonds. The maximum Gasteiger partial charge on any atom is 0.317 e. The number of carbonyl (C=O) groups excluding carboxylic acids is 1. The number of aliphatic carboxylic acids is 1. The van der Waals surface area contributed by atoms with Crippen molar-refractivity contribution in [2.24, 2.45) is 11.3 Å². The normalized spacial score (nSPS) is 25.4. The van der Waals surface area contributed by atoms with Crippen LogP contribution >= 0.6 is 0 Å². The van der Waals surface area contributed by atoms with Crippen molar-refractivity contribution in [3.05, 3.63) is 0 Å². The molecule has 114 valence electrons. The molecule has 2 rings (SSSR count). The zero-order valence-corrected chi connectivity index (χ0v) is 12.4. The lowest BCUT2D eigenvalue weighted by atomic mass is 9.66. The minimum absolute atomic E-state index is 0.0178. The van der Waals surface area contributed by atoms with Crippen LogP contribution in [0.25, 0.3) is 0 Å². The van der Waals surface area contributed by atoms with E-state index in [0.29, 0.717) is 12.5 Å². The number of nitrogens with one attached hydrogen (secondary N) is 1. The van der Waals surface area contributed by atoms with E-state index >= 15 is 0 Å². The summed E-state index contributed by atoms with van der Waals surface area (Å²) in [5.41, 5.74) is -0.194. The zero-order chi connectivity index (χ0) is 14.6. The second-order valence-corrected chi connectivity index (χ2v) is 6.61. The second-order valence-electron chi connectivity index (χ2n) is 6.61. The Morgan fingerprint density at radius 3 is 2.60 bits per heavy atom. The summed E-state index contributed by atoms with van der Waals surface area (Å²) in [5.74, 6) is -0.0691. The highest BCUT2D eigenvalue weighted by Gasteiger charge is 2.39. The topological polar surface area (TPSA) is 69.6 Å². The number of hydrogen-bond acceptors (Lipinski definition) is 2. The molecule has 1 unspecified atom stereocenters. The largest absolute Gasteiger partial charge is 0.481 e. The molecule has 1 saturated carbocycles. The highest BCUT2D eigenvalue weighted by molar-refractivity contribution is 5.74. The SMILES string of the molecule is CC1CCCN(C(=O)NCC2(CC(=O)O)CCC2)CC1. The smallest absolute Gasteiger partial charge is 0.317 e. The third-order valence-electron chi connectivity index (χ3n) is 4.86. The van der Waals surface area contributed by atoms with E-state index in [1.54, 1.807) is 0 Å². The van der Waals surface area contributed by atoms with Gasteiger partial charge in [0.05, 0.1) is 6.42 Å². The third-order valence-corrected chi connectivity index (χ3v) is 4.86. The van der Waals surface area contributed by atoms with Gasteiger partial charge in [-0.3, -0.25) is 4.79 Å². The number of rotatable bonds is 4.